The molecule has 29 heavy (non-hydrogen) atoms. The fourth-order valence-corrected chi connectivity index (χ4v) is 3.49. The summed E-state index contributed by atoms with van der Waals surface area (Å²) in [6, 6.07) is 4.43. The van der Waals surface area contributed by atoms with Gasteiger partial charge in [-0.2, -0.15) is 0 Å². The van der Waals surface area contributed by atoms with Crippen LogP contribution in [0.1, 0.15) is 40.5 Å². The standard InChI is InChI=1S/C20H26N4O5/c1-13-14(2)29-19(22-13)12-23-8-6-15(7-9-23)11-21-16-4-5-18(24(26)27)17(10-16)20(25)28-3/h4-5,10,15,21H,6-9,11-12H2,1-3H3. The van der Waals surface area contributed by atoms with E-state index in [-0.39, 0.29) is 11.3 Å². The molecule has 0 saturated carbocycles. The number of benzene rings is 1. The molecule has 0 spiro atoms. The van der Waals surface area contributed by atoms with Gasteiger partial charge in [0, 0.05) is 18.3 Å². The minimum Gasteiger partial charge on any atom is -0.465 e. The van der Waals surface area contributed by atoms with Crippen LogP contribution in [0.15, 0.2) is 22.6 Å². The number of aromatic nitrogens is 1. The average Bonchev–Trinajstić information content (AvgIpc) is 3.03. The number of ether oxygens (including phenoxy) is 1. The van der Waals surface area contributed by atoms with Crippen molar-refractivity contribution in [3.63, 3.8) is 0 Å². The molecule has 0 unspecified atom stereocenters. The van der Waals surface area contributed by atoms with E-state index in [9.17, 15) is 14.9 Å². The Bertz CT molecular complexity index is 867. The predicted octanol–water partition coefficient (Wildman–Crippen LogP) is 3.31. The molecule has 9 heteroatoms. The van der Waals surface area contributed by atoms with Gasteiger partial charge in [0.1, 0.15) is 11.3 Å². The van der Waals surface area contributed by atoms with Gasteiger partial charge in [-0.25, -0.2) is 9.78 Å². The molecule has 0 radical (unpaired) electrons. The number of nitro benzene ring substituents is 1. The van der Waals surface area contributed by atoms with Crippen LogP contribution >= 0.6 is 0 Å². The number of nitro groups is 1. The second kappa shape index (κ2) is 9.04. The number of aryl methyl sites for hydroxylation is 2. The molecule has 1 aromatic carbocycles. The first-order valence-corrected chi connectivity index (χ1v) is 9.63. The highest BCUT2D eigenvalue weighted by Gasteiger charge is 2.23. The molecule has 1 fully saturated rings. The molecule has 1 saturated heterocycles. The number of carbonyl (C=O) groups is 1. The van der Waals surface area contributed by atoms with Crippen LogP contribution in [0.4, 0.5) is 11.4 Å². The third-order valence-corrected chi connectivity index (χ3v) is 5.33. The number of esters is 1. The predicted molar refractivity (Wildman–Crippen MR) is 107 cm³/mol. The number of hydrogen-bond donors (Lipinski definition) is 1. The molecule has 0 amide bonds. The second-order valence-corrected chi connectivity index (χ2v) is 7.33. The number of methoxy groups -OCH3 is 1. The van der Waals surface area contributed by atoms with Crippen molar-refractivity contribution in [2.75, 3.05) is 32.1 Å². The van der Waals surface area contributed by atoms with E-state index in [1.165, 1.54) is 19.2 Å². The van der Waals surface area contributed by atoms with E-state index >= 15 is 0 Å². The summed E-state index contributed by atoms with van der Waals surface area (Å²) in [6.07, 6.45) is 2.06. The Labute approximate surface area is 169 Å². The van der Waals surface area contributed by atoms with Gasteiger partial charge in [0.15, 0.2) is 0 Å². The number of nitrogens with one attached hydrogen (secondary N) is 1. The van der Waals surface area contributed by atoms with E-state index in [2.05, 4.69) is 19.9 Å². The first-order chi connectivity index (χ1) is 13.9. The van der Waals surface area contributed by atoms with Gasteiger partial charge in [0.05, 0.1) is 24.3 Å². The van der Waals surface area contributed by atoms with E-state index in [0.29, 0.717) is 11.6 Å². The van der Waals surface area contributed by atoms with Crippen LogP contribution in [0.2, 0.25) is 0 Å². The SMILES string of the molecule is COC(=O)c1cc(NCC2CCN(Cc3nc(C)c(C)o3)CC2)ccc1[N+](=O)[O-]. The Morgan fingerprint density at radius 2 is 2.10 bits per heavy atom. The Morgan fingerprint density at radius 1 is 1.38 bits per heavy atom. The van der Waals surface area contributed by atoms with Crippen LogP contribution in [-0.4, -0.2) is 47.5 Å². The zero-order valence-corrected chi connectivity index (χ0v) is 16.9. The molecule has 0 atom stereocenters. The molecule has 2 heterocycles. The number of likely N-dealkylation sites (tertiary alicyclic amines) is 1. The van der Waals surface area contributed by atoms with Gasteiger partial charge >= 0.3 is 5.97 Å². The molecule has 1 aliphatic rings. The van der Waals surface area contributed by atoms with Crippen LogP contribution < -0.4 is 5.32 Å². The van der Waals surface area contributed by atoms with Crippen LogP contribution in [0.5, 0.6) is 0 Å². The molecule has 1 aliphatic heterocycles. The second-order valence-electron chi connectivity index (χ2n) is 7.33. The lowest BCUT2D eigenvalue weighted by atomic mass is 9.96. The molecule has 156 valence electrons. The number of nitrogens with zero attached hydrogens (tertiary/aromatic N) is 3. The first-order valence-electron chi connectivity index (χ1n) is 9.63. The third kappa shape index (κ3) is 5.11. The van der Waals surface area contributed by atoms with Crippen molar-refractivity contribution in [1.29, 1.82) is 0 Å². The number of carbonyl (C=O) groups excluding carboxylic acids is 1. The molecule has 1 aromatic heterocycles. The van der Waals surface area contributed by atoms with Crippen molar-refractivity contribution in [3.8, 4) is 0 Å². The maximum Gasteiger partial charge on any atom is 0.344 e. The topological polar surface area (TPSA) is 111 Å². The van der Waals surface area contributed by atoms with Crippen molar-refractivity contribution >= 4 is 17.3 Å². The van der Waals surface area contributed by atoms with Gasteiger partial charge in [0.25, 0.3) is 5.69 Å². The zero-order valence-electron chi connectivity index (χ0n) is 16.9. The van der Waals surface area contributed by atoms with Gasteiger partial charge in [-0.1, -0.05) is 0 Å². The smallest absolute Gasteiger partial charge is 0.344 e. The summed E-state index contributed by atoms with van der Waals surface area (Å²) in [5.74, 6) is 1.40. The number of rotatable bonds is 7. The Balaban J connectivity index is 1.52. The molecule has 2 aromatic rings. The lowest BCUT2D eigenvalue weighted by Crippen LogP contribution is -2.35. The highest BCUT2D eigenvalue weighted by atomic mass is 16.6. The summed E-state index contributed by atoms with van der Waals surface area (Å²) < 4.78 is 10.3. The number of anilines is 1. The number of oxazole rings is 1. The van der Waals surface area contributed by atoms with E-state index < -0.39 is 10.9 Å². The summed E-state index contributed by atoms with van der Waals surface area (Å²) in [4.78, 5) is 29.1. The zero-order chi connectivity index (χ0) is 21.0. The minimum atomic E-state index is -0.717. The first kappa shape index (κ1) is 20.8. The summed E-state index contributed by atoms with van der Waals surface area (Å²) in [7, 11) is 1.21. The fourth-order valence-electron chi connectivity index (χ4n) is 3.49. The minimum absolute atomic E-state index is 0.0474. The van der Waals surface area contributed by atoms with Gasteiger partial charge in [-0.3, -0.25) is 15.0 Å². The van der Waals surface area contributed by atoms with Crippen molar-refractivity contribution < 1.29 is 18.9 Å². The van der Waals surface area contributed by atoms with Gasteiger partial charge in [0.2, 0.25) is 5.89 Å². The quantitative estimate of drug-likeness (QED) is 0.427. The monoisotopic (exact) mass is 402 g/mol. The van der Waals surface area contributed by atoms with Gasteiger partial charge in [-0.05, 0) is 57.8 Å². The maximum atomic E-state index is 11.8. The van der Waals surface area contributed by atoms with Crippen LogP contribution in [0.3, 0.4) is 0 Å². The highest BCUT2D eigenvalue weighted by molar-refractivity contribution is 5.95. The van der Waals surface area contributed by atoms with Crippen LogP contribution in [-0.2, 0) is 11.3 Å². The number of hydrogen-bond acceptors (Lipinski definition) is 8. The summed E-state index contributed by atoms with van der Waals surface area (Å²) in [5.41, 5.74) is 1.30. The van der Waals surface area contributed by atoms with E-state index in [4.69, 9.17) is 4.42 Å². The Hall–Kier alpha value is -2.94. The molecule has 0 bridgehead atoms. The summed E-state index contributed by atoms with van der Waals surface area (Å²) in [6.45, 7) is 7.25. The Kier molecular flexibility index (Phi) is 6.48. The molecular formula is C20H26N4O5. The molecule has 0 aliphatic carbocycles. The Morgan fingerprint density at radius 3 is 2.69 bits per heavy atom. The van der Waals surface area contributed by atoms with E-state index in [1.807, 2.05) is 13.8 Å². The maximum absolute atomic E-state index is 11.8. The van der Waals surface area contributed by atoms with E-state index in [1.54, 1.807) is 6.07 Å². The van der Waals surface area contributed by atoms with Crippen LogP contribution in [0.25, 0.3) is 0 Å². The summed E-state index contributed by atoms with van der Waals surface area (Å²) in [5, 5.41) is 14.4. The lowest BCUT2D eigenvalue weighted by molar-refractivity contribution is -0.385. The molecular weight excluding hydrogens is 376 g/mol. The van der Waals surface area contributed by atoms with Gasteiger partial charge < -0.3 is 14.5 Å². The summed E-state index contributed by atoms with van der Waals surface area (Å²) >= 11 is 0. The highest BCUT2D eigenvalue weighted by Crippen LogP contribution is 2.25. The van der Waals surface area contributed by atoms with Crippen LogP contribution in [0, 0.1) is 29.9 Å². The molecule has 1 N–H and O–H groups in total. The largest absolute Gasteiger partial charge is 0.465 e. The lowest BCUT2D eigenvalue weighted by Gasteiger charge is -2.31. The van der Waals surface area contributed by atoms with Crippen molar-refractivity contribution in [2.45, 2.75) is 33.2 Å². The molecule has 9 nitrogen and oxygen atoms in total. The fraction of sp³-hybridized carbons (Fsp3) is 0.500. The van der Waals surface area contributed by atoms with Crippen molar-refractivity contribution in [1.82, 2.24) is 9.88 Å². The van der Waals surface area contributed by atoms with E-state index in [0.717, 1.165) is 56.4 Å². The normalized spacial score (nSPS) is 15.3. The average molecular weight is 402 g/mol. The molecule has 3 rings (SSSR count). The van der Waals surface area contributed by atoms with Gasteiger partial charge in [-0.15, -0.1) is 0 Å². The van der Waals surface area contributed by atoms with Crippen molar-refractivity contribution in [2.24, 2.45) is 5.92 Å². The third-order valence-electron chi connectivity index (χ3n) is 5.33. The van der Waals surface area contributed by atoms with Crippen molar-refractivity contribution in [3.05, 3.63) is 51.2 Å². The number of piperidine rings is 1.